The molecule has 0 bridgehead atoms. The van der Waals surface area contributed by atoms with Crippen molar-refractivity contribution < 1.29 is 19.1 Å². The molecule has 0 spiro atoms. The van der Waals surface area contributed by atoms with Gasteiger partial charge < -0.3 is 14.8 Å². The summed E-state index contributed by atoms with van der Waals surface area (Å²) in [6.07, 6.45) is 4.46. The highest BCUT2D eigenvalue weighted by atomic mass is 79.9. The van der Waals surface area contributed by atoms with Crippen molar-refractivity contribution in [1.82, 2.24) is 5.32 Å². The predicted octanol–water partition coefficient (Wildman–Crippen LogP) is 3.31. The van der Waals surface area contributed by atoms with E-state index in [0.717, 1.165) is 19.3 Å². The van der Waals surface area contributed by atoms with Crippen LogP contribution in [0.25, 0.3) is 0 Å². The van der Waals surface area contributed by atoms with E-state index in [-0.39, 0.29) is 18.6 Å². The summed E-state index contributed by atoms with van der Waals surface area (Å²) in [5, 5.41) is 2.96. The van der Waals surface area contributed by atoms with E-state index in [9.17, 15) is 9.59 Å². The van der Waals surface area contributed by atoms with Gasteiger partial charge in [0, 0.05) is 10.5 Å². The third kappa shape index (κ3) is 4.96. The van der Waals surface area contributed by atoms with Crippen LogP contribution in [0.5, 0.6) is 5.75 Å². The van der Waals surface area contributed by atoms with Crippen LogP contribution >= 0.6 is 15.9 Å². The zero-order valence-corrected chi connectivity index (χ0v) is 15.0. The number of ether oxygens (including phenoxy) is 2. The molecule has 1 aliphatic rings. The molecule has 126 valence electrons. The minimum atomic E-state index is -0.553. The Bertz CT molecular complexity index is 576. The summed E-state index contributed by atoms with van der Waals surface area (Å²) in [5.41, 5.74) is 0.336. The molecule has 1 saturated carbocycles. The highest BCUT2D eigenvalue weighted by molar-refractivity contribution is 9.10. The van der Waals surface area contributed by atoms with Gasteiger partial charge in [0.25, 0.3) is 5.91 Å². The van der Waals surface area contributed by atoms with Gasteiger partial charge in [0.2, 0.25) is 0 Å². The molecule has 0 saturated heterocycles. The van der Waals surface area contributed by atoms with Crippen LogP contribution in [0.1, 0.15) is 43.0 Å². The molecule has 2 rings (SSSR count). The second-order valence-electron chi connectivity index (χ2n) is 5.86. The Labute approximate surface area is 144 Å². The molecule has 1 aliphatic carbocycles. The van der Waals surface area contributed by atoms with Crippen LogP contribution in [0.2, 0.25) is 0 Å². The topological polar surface area (TPSA) is 64.6 Å². The van der Waals surface area contributed by atoms with Gasteiger partial charge in [0.15, 0.2) is 6.61 Å². The Kier molecular flexibility index (Phi) is 6.45. The summed E-state index contributed by atoms with van der Waals surface area (Å²) in [4.78, 5) is 24.1. The van der Waals surface area contributed by atoms with Crippen molar-refractivity contribution in [1.29, 1.82) is 0 Å². The molecule has 0 unspecified atom stereocenters. The minimum absolute atomic E-state index is 0.179. The van der Waals surface area contributed by atoms with Gasteiger partial charge in [-0.1, -0.05) is 19.8 Å². The Morgan fingerprint density at radius 1 is 1.30 bits per heavy atom. The van der Waals surface area contributed by atoms with Gasteiger partial charge in [0.1, 0.15) is 5.75 Å². The maximum Gasteiger partial charge on any atom is 0.339 e. The van der Waals surface area contributed by atoms with Crippen LogP contribution in [0.15, 0.2) is 22.7 Å². The zero-order valence-electron chi connectivity index (χ0n) is 13.4. The standard InChI is InChI=1S/C17H22BrNO4/c1-11-5-3-4-6-15(11)19-16(20)10-23-17(21)13-9-12(22-2)7-8-14(13)18/h7-9,11,15H,3-6,10H2,1-2H3,(H,19,20)/t11-,15-/m0/s1. The Balaban J connectivity index is 1.87. The van der Waals surface area contributed by atoms with E-state index in [4.69, 9.17) is 9.47 Å². The largest absolute Gasteiger partial charge is 0.497 e. The quantitative estimate of drug-likeness (QED) is 0.792. The van der Waals surface area contributed by atoms with Crippen LogP contribution in [0.4, 0.5) is 0 Å². The first-order valence-corrected chi connectivity index (χ1v) is 8.60. The van der Waals surface area contributed by atoms with Crippen molar-refractivity contribution in [2.24, 2.45) is 5.92 Å². The smallest absolute Gasteiger partial charge is 0.339 e. The fourth-order valence-electron chi connectivity index (χ4n) is 2.78. The number of nitrogens with one attached hydrogen (secondary N) is 1. The van der Waals surface area contributed by atoms with Crippen molar-refractivity contribution >= 4 is 27.8 Å². The summed E-state index contributed by atoms with van der Waals surface area (Å²) in [5.74, 6) is 0.218. The van der Waals surface area contributed by atoms with Gasteiger partial charge >= 0.3 is 5.97 Å². The molecule has 6 heteroatoms. The second-order valence-corrected chi connectivity index (χ2v) is 6.71. The number of hydrogen-bond donors (Lipinski definition) is 1. The number of rotatable bonds is 5. The summed E-state index contributed by atoms with van der Waals surface area (Å²) < 4.78 is 10.8. The predicted molar refractivity (Wildman–Crippen MR) is 90.5 cm³/mol. The average molecular weight is 384 g/mol. The fourth-order valence-corrected chi connectivity index (χ4v) is 3.18. The van der Waals surface area contributed by atoms with E-state index in [0.29, 0.717) is 21.7 Å². The molecular weight excluding hydrogens is 362 g/mol. The lowest BCUT2D eigenvalue weighted by atomic mass is 9.86. The van der Waals surface area contributed by atoms with Gasteiger partial charge in [-0.05, 0) is 52.9 Å². The fraction of sp³-hybridized carbons (Fsp3) is 0.529. The molecular formula is C17H22BrNO4. The molecule has 1 N–H and O–H groups in total. The Morgan fingerprint density at radius 3 is 2.74 bits per heavy atom. The molecule has 5 nitrogen and oxygen atoms in total. The Hall–Kier alpha value is -1.56. The highest BCUT2D eigenvalue weighted by Crippen LogP contribution is 2.24. The molecule has 0 radical (unpaired) electrons. The number of methoxy groups -OCH3 is 1. The molecule has 23 heavy (non-hydrogen) atoms. The van der Waals surface area contributed by atoms with Crippen LogP contribution in [0, 0.1) is 5.92 Å². The van der Waals surface area contributed by atoms with Crippen LogP contribution in [-0.2, 0) is 9.53 Å². The number of carbonyl (C=O) groups excluding carboxylic acids is 2. The lowest BCUT2D eigenvalue weighted by Gasteiger charge is -2.29. The first-order valence-electron chi connectivity index (χ1n) is 7.81. The van der Waals surface area contributed by atoms with Crippen molar-refractivity contribution in [3.8, 4) is 5.75 Å². The van der Waals surface area contributed by atoms with Gasteiger partial charge in [0.05, 0.1) is 12.7 Å². The first-order chi connectivity index (χ1) is 11.0. The second kappa shape index (κ2) is 8.34. The molecule has 0 aliphatic heterocycles. The van der Waals surface area contributed by atoms with Crippen molar-refractivity contribution in [3.63, 3.8) is 0 Å². The summed E-state index contributed by atoms with van der Waals surface area (Å²) in [6, 6.07) is 5.20. The highest BCUT2D eigenvalue weighted by Gasteiger charge is 2.23. The number of carbonyl (C=O) groups is 2. The number of halogens is 1. The van der Waals surface area contributed by atoms with Gasteiger partial charge in [-0.3, -0.25) is 4.79 Å². The normalized spacial score (nSPS) is 20.7. The lowest BCUT2D eigenvalue weighted by Crippen LogP contribution is -2.42. The van der Waals surface area contributed by atoms with E-state index >= 15 is 0 Å². The molecule has 0 heterocycles. The molecule has 2 atom stereocenters. The maximum absolute atomic E-state index is 12.1. The van der Waals surface area contributed by atoms with Crippen molar-refractivity contribution in [2.45, 2.75) is 38.6 Å². The summed E-state index contributed by atoms with van der Waals surface area (Å²) in [6.45, 7) is 1.87. The van der Waals surface area contributed by atoms with E-state index in [1.54, 1.807) is 18.2 Å². The first kappa shape index (κ1) is 17.8. The summed E-state index contributed by atoms with van der Waals surface area (Å²) >= 11 is 3.30. The van der Waals surface area contributed by atoms with Crippen LogP contribution in [-0.4, -0.2) is 31.6 Å². The number of benzene rings is 1. The SMILES string of the molecule is COc1ccc(Br)c(C(=O)OCC(=O)N[C@H]2CCCC[C@@H]2C)c1. The number of esters is 1. The molecule has 1 aromatic rings. The third-order valence-corrected chi connectivity index (χ3v) is 4.88. The van der Waals surface area contributed by atoms with E-state index in [1.165, 1.54) is 13.5 Å². The van der Waals surface area contributed by atoms with Crippen molar-refractivity contribution in [3.05, 3.63) is 28.2 Å². The number of amides is 1. The Morgan fingerprint density at radius 2 is 2.04 bits per heavy atom. The summed E-state index contributed by atoms with van der Waals surface area (Å²) in [7, 11) is 1.52. The molecule has 1 fully saturated rings. The van der Waals surface area contributed by atoms with E-state index in [1.807, 2.05) is 0 Å². The van der Waals surface area contributed by atoms with Gasteiger partial charge in [-0.2, -0.15) is 0 Å². The minimum Gasteiger partial charge on any atom is -0.497 e. The molecule has 1 aromatic carbocycles. The van der Waals surface area contributed by atoms with Gasteiger partial charge in [-0.25, -0.2) is 4.79 Å². The van der Waals surface area contributed by atoms with E-state index in [2.05, 4.69) is 28.2 Å². The third-order valence-electron chi connectivity index (χ3n) is 4.19. The monoisotopic (exact) mass is 383 g/mol. The number of hydrogen-bond acceptors (Lipinski definition) is 4. The average Bonchev–Trinajstić information content (AvgIpc) is 2.55. The van der Waals surface area contributed by atoms with E-state index < -0.39 is 5.97 Å². The van der Waals surface area contributed by atoms with Crippen LogP contribution in [0.3, 0.4) is 0 Å². The van der Waals surface area contributed by atoms with Gasteiger partial charge in [-0.15, -0.1) is 0 Å². The van der Waals surface area contributed by atoms with Crippen molar-refractivity contribution in [2.75, 3.05) is 13.7 Å². The maximum atomic E-state index is 12.1. The van der Waals surface area contributed by atoms with Crippen LogP contribution < -0.4 is 10.1 Å². The molecule has 0 aromatic heterocycles. The molecule has 1 amide bonds. The lowest BCUT2D eigenvalue weighted by molar-refractivity contribution is -0.125. The zero-order chi connectivity index (χ0) is 16.8.